The monoisotopic (exact) mass is 287 g/mol. The number of benzene rings is 1. The Bertz CT molecular complexity index is 467. The van der Waals surface area contributed by atoms with Gasteiger partial charge in [0.25, 0.3) is 0 Å². The van der Waals surface area contributed by atoms with Crippen molar-refractivity contribution in [2.45, 2.75) is 39.0 Å². The predicted molar refractivity (Wildman–Crippen MR) is 84.6 cm³/mol. The second-order valence-corrected chi connectivity index (χ2v) is 7.87. The van der Waals surface area contributed by atoms with Crippen LogP contribution in [0.15, 0.2) is 24.3 Å². The lowest BCUT2D eigenvalue weighted by Gasteiger charge is -2.56. The molecule has 0 amide bonds. The van der Waals surface area contributed by atoms with Crippen molar-refractivity contribution in [3.05, 3.63) is 30.1 Å². The van der Waals surface area contributed by atoms with Crippen LogP contribution in [0.4, 0.5) is 10.1 Å². The molecule has 0 spiro atoms. The molecule has 0 aromatic heterocycles. The fourth-order valence-corrected chi connectivity index (χ4v) is 5.88. The van der Waals surface area contributed by atoms with E-state index in [9.17, 15) is 4.39 Å². The van der Waals surface area contributed by atoms with E-state index in [1.165, 1.54) is 44.2 Å². The predicted octanol–water partition coefficient (Wildman–Crippen LogP) is 4.95. The third kappa shape index (κ3) is 2.58. The van der Waals surface area contributed by atoms with Crippen LogP contribution in [0.25, 0.3) is 0 Å². The third-order valence-corrected chi connectivity index (χ3v) is 6.43. The molecule has 4 saturated carbocycles. The highest BCUT2D eigenvalue weighted by Gasteiger charge is 2.49. The Morgan fingerprint density at radius 1 is 1.00 bits per heavy atom. The zero-order valence-corrected chi connectivity index (χ0v) is 12.9. The summed E-state index contributed by atoms with van der Waals surface area (Å²) in [4.78, 5) is 0. The van der Waals surface area contributed by atoms with Gasteiger partial charge in [-0.05, 0) is 91.9 Å². The Balaban J connectivity index is 1.39. The second kappa shape index (κ2) is 5.30. The molecule has 4 bridgehead atoms. The SMILES string of the molecule is CC(CNc1ccc(F)cc1)C1C2CC3CC(C2)CC1C3. The molecular formula is C19H26FN. The molecule has 1 aromatic carbocycles. The lowest BCUT2D eigenvalue weighted by molar-refractivity contribution is -0.0561. The molecule has 4 fully saturated rings. The first kappa shape index (κ1) is 13.6. The third-order valence-electron chi connectivity index (χ3n) is 6.43. The summed E-state index contributed by atoms with van der Waals surface area (Å²) in [5.41, 5.74) is 1.05. The van der Waals surface area contributed by atoms with Gasteiger partial charge in [-0.25, -0.2) is 4.39 Å². The number of rotatable bonds is 4. The van der Waals surface area contributed by atoms with Crippen LogP contribution in [0.5, 0.6) is 0 Å². The highest BCUT2D eigenvalue weighted by Crippen LogP contribution is 2.58. The van der Waals surface area contributed by atoms with Gasteiger partial charge in [0.05, 0.1) is 0 Å². The Morgan fingerprint density at radius 2 is 1.57 bits per heavy atom. The number of halogens is 1. The summed E-state index contributed by atoms with van der Waals surface area (Å²) in [6, 6.07) is 6.77. The lowest BCUT2D eigenvalue weighted by atomic mass is 9.50. The minimum absolute atomic E-state index is 0.158. The molecule has 1 aromatic rings. The van der Waals surface area contributed by atoms with E-state index in [2.05, 4.69) is 12.2 Å². The van der Waals surface area contributed by atoms with E-state index in [1.54, 1.807) is 0 Å². The largest absolute Gasteiger partial charge is 0.385 e. The molecule has 114 valence electrons. The Labute approximate surface area is 127 Å². The molecular weight excluding hydrogens is 261 g/mol. The summed E-state index contributed by atoms with van der Waals surface area (Å²) in [5, 5.41) is 3.51. The van der Waals surface area contributed by atoms with Crippen molar-refractivity contribution in [3.8, 4) is 0 Å². The maximum Gasteiger partial charge on any atom is 0.123 e. The summed E-state index contributed by atoms with van der Waals surface area (Å²) in [7, 11) is 0. The van der Waals surface area contributed by atoms with Crippen LogP contribution >= 0.6 is 0 Å². The minimum atomic E-state index is -0.158. The maximum atomic E-state index is 12.9. The topological polar surface area (TPSA) is 12.0 Å². The molecule has 0 heterocycles. The zero-order valence-electron chi connectivity index (χ0n) is 12.9. The quantitative estimate of drug-likeness (QED) is 0.826. The maximum absolute atomic E-state index is 12.9. The van der Waals surface area contributed by atoms with E-state index in [0.29, 0.717) is 0 Å². The normalized spacial score (nSPS) is 38.5. The Hall–Kier alpha value is -1.05. The Kier molecular flexibility index (Phi) is 3.43. The van der Waals surface area contributed by atoms with Crippen LogP contribution < -0.4 is 5.32 Å². The number of anilines is 1. The van der Waals surface area contributed by atoms with Crippen molar-refractivity contribution in [3.63, 3.8) is 0 Å². The van der Waals surface area contributed by atoms with E-state index in [1.807, 2.05) is 12.1 Å². The van der Waals surface area contributed by atoms with E-state index >= 15 is 0 Å². The van der Waals surface area contributed by atoms with Gasteiger partial charge >= 0.3 is 0 Å². The van der Waals surface area contributed by atoms with E-state index in [-0.39, 0.29) is 5.82 Å². The summed E-state index contributed by atoms with van der Waals surface area (Å²) in [5.74, 6) is 5.59. The van der Waals surface area contributed by atoms with Crippen molar-refractivity contribution < 1.29 is 4.39 Å². The molecule has 5 rings (SSSR count). The molecule has 0 saturated heterocycles. The number of nitrogens with one attached hydrogen (secondary N) is 1. The molecule has 1 unspecified atom stereocenters. The van der Waals surface area contributed by atoms with Crippen LogP contribution in [-0.2, 0) is 0 Å². The van der Waals surface area contributed by atoms with E-state index in [4.69, 9.17) is 0 Å². The highest BCUT2D eigenvalue weighted by atomic mass is 19.1. The Morgan fingerprint density at radius 3 is 2.14 bits per heavy atom. The fourth-order valence-electron chi connectivity index (χ4n) is 5.88. The van der Waals surface area contributed by atoms with Crippen molar-refractivity contribution in [1.29, 1.82) is 0 Å². The van der Waals surface area contributed by atoms with Gasteiger partial charge in [0, 0.05) is 12.2 Å². The van der Waals surface area contributed by atoms with E-state index in [0.717, 1.165) is 47.7 Å². The summed E-state index contributed by atoms with van der Waals surface area (Å²) in [6.07, 6.45) is 7.52. The summed E-state index contributed by atoms with van der Waals surface area (Å²) in [6.45, 7) is 3.45. The van der Waals surface area contributed by atoms with E-state index < -0.39 is 0 Å². The van der Waals surface area contributed by atoms with Gasteiger partial charge in [0.2, 0.25) is 0 Å². The molecule has 1 atom stereocenters. The first-order valence-electron chi connectivity index (χ1n) is 8.68. The molecule has 4 aliphatic rings. The van der Waals surface area contributed by atoms with Gasteiger partial charge in [-0.15, -0.1) is 0 Å². The van der Waals surface area contributed by atoms with Crippen LogP contribution in [0.2, 0.25) is 0 Å². The standard InChI is InChI=1S/C19H26FN/c1-12(11-21-18-4-2-17(20)3-5-18)19-15-7-13-6-14(9-15)10-16(19)8-13/h2-5,12-16,19,21H,6-11H2,1H3. The summed E-state index contributed by atoms with van der Waals surface area (Å²) >= 11 is 0. The second-order valence-electron chi connectivity index (χ2n) is 7.87. The number of hydrogen-bond donors (Lipinski definition) is 1. The molecule has 21 heavy (non-hydrogen) atoms. The van der Waals surface area contributed by atoms with Crippen LogP contribution in [0.1, 0.15) is 39.0 Å². The molecule has 2 heteroatoms. The van der Waals surface area contributed by atoms with Gasteiger partial charge < -0.3 is 5.32 Å². The molecule has 0 radical (unpaired) electrons. The van der Waals surface area contributed by atoms with Gasteiger partial charge in [0.1, 0.15) is 5.82 Å². The van der Waals surface area contributed by atoms with Crippen molar-refractivity contribution >= 4 is 5.69 Å². The first-order chi connectivity index (χ1) is 10.2. The minimum Gasteiger partial charge on any atom is -0.385 e. The first-order valence-corrected chi connectivity index (χ1v) is 8.68. The fraction of sp³-hybridized carbons (Fsp3) is 0.684. The van der Waals surface area contributed by atoms with Crippen molar-refractivity contribution in [2.75, 3.05) is 11.9 Å². The lowest BCUT2D eigenvalue weighted by Crippen LogP contribution is -2.48. The average molecular weight is 287 g/mol. The smallest absolute Gasteiger partial charge is 0.123 e. The van der Waals surface area contributed by atoms with Gasteiger partial charge in [-0.2, -0.15) is 0 Å². The molecule has 1 N–H and O–H groups in total. The van der Waals surface area contributed by atoms with Gasteiger partial charge in [-0.3, -0.25) is 0 Å². The van der Waals surface area contributed by atoms with Gasteiger partial charge in [-0.1, -0.05) is 6.92 Å². The van der Waals surface area contributed by atoms with Crippen LogP contribution in [0.3, 0.4) is 0 Å². The van der Waals surface area contributed by atoms with Crippen molar-refractivity contribution in [1.82, 2.24) is 0 Å². The summed E-state index contributed by atoms with van der Waals surface area (Å²) < 4.78 is 12.9. The van der Waals surface area contributed by atoms with Crippen molar-refractivity contribution in [2.24, 2.45) is 35.5 Å². The zero-order chi connectivity index (χ0) is 14.4. The highest BCUT2D eigenvalue weighted by molar-refractivity contribution is 5.42. The van der Waals surface area contributed by atoms with Crippen LogP contribution in [-0.4, -0.2) is 6.54 Å². The van der Waals surface area contributed by atoms with Gasteiger partial charge in [0.15, 0.2) is 0 Å². The average Bonchev–Trinajstić information content (AvgIpc) is 2.45. The number of hydrogen-bond acceptors (Lipinski definition) is 1. The van der Waals surface area contributed by atoms with Crippen LogP contribution in [0, 0.1) is 41.3 Å². The molecule has 1 nitrogen and oxygen atoms in total. The molecule has 0 aliphatic heterocycles. The molecule has 4 aliphatic carbocycles.